The van der Waals surface area contributed by atoms with Crippen LogP contribution in [0.2, 0.25) is 0 Å². The first-order valence-corrected chi connectivity index (χ1v) is 5.28. The Morgan fingerprint density at radius 2 is 2.07 bits per heavy atom. The van der Waals surface area contributed by atoms with Gasteiger partial charge in [-0.1, -0.05) is 37.6 Å². The summed E-state index contributed by atoms with van der Waals surface area (Å²) in [5.41, 5.74) is 2.63. The molecule has 0 aromatic heterocycles. The van der Waals surface area contributed by atoms with Gasteiger partial charge in [-0.05, 0) is 30.4 Å². The van der Waals surface area contributed by atoms with Crippen molar-refractivity contribution in [2.24, 2.45) is 0 Å². The molecule has 0 aliphatic rings. The molecule has 1 rings (SSSR count). The molecule has 0 saturated heterocycles. The molecule has 1 aromatic carbocycles. The van der Waals surface area contributed by atoms with Gasteiger partial charge in [0.2, 0.25) is 0 Å². The largest absolute Gasteiger partial charge is 0.303 e. The van der Waals surface area contributed by atoms with Crippen LogP contribution in [0.1, 0.15) is 43.2 Å². The number of carbonyl (C=O) groups is 1. The molecule has 1 atom stereocenters. The van der Waals surface area contributed by atoms with Gasteiger partial charge in [0.25, 0.3) is 0 Å². The highest BCUT2D eigenvalue weighted by atomic mass is 16.1. The smallest absolute Gasteiger partial charge is 0.120 e. The van der Waals surface area contributed by atoms with Gasteiger partial charge in [-0.15, -0.1) is 0 Å². The molecule has 0 saturated carbocycles. The third kappa shape index (κ3) is 2.69. The summed E-state index contributed by atoms with van der Waals surface area (Å²) in [6.45, 7) is 4.28. The molecule has 0 amide bonds. The second-order valence-electron chi connectivity index (χ2n) is 3.74. The van der Waals surface area contributed by atoms with Crippen molar-refractivity contribution in [3.63, 3.8) is 0 Å². The maximum absolute atomic E-state index is 10.6. The van der Waals surface area contributed by atoms with Crippen LogP contribution in [-0.2, 0) is 4.79 Å². The number of aldehydes is 1. The van der Waals surface area contributed by atoms with Crippen molar-refractivity contribution >= 4 is 6.29 Å². The van der Waals surface area contributed by atoms with E-state index in [1.165, 1.54) is 11.1 Å². The number of rotatable bonds is 5. The summed E-state index contributed by atoms with van der Waals surface area (Å²) in [6, 6.07) is 8.35. The van der Waals surface area contributed by atoms with Crippen molar-refractivity contribution in [3.05, 3.63) is 35.4 Å². The van der Waals surface area contributed by atoms with Crippen molar-refractivity contribution in [1.29, 1.82) is 0 Å². The molecule has 0 radical (unpaired) electrons. The number of aryl methyl sites for hydroxylation is 1. The molecule has 0 aliphatic carbocycles. The maximum Gasteiger partial charge on any atom is 0.120 e. The van der Waals surface area contributed by atoms with E-state index < -0.39 is 0 Å². The van der Waals surface area contributed by atoms with E-state index in [4.69, 9.17) is 0 Å². The van der Waals surface area contributed by atoms with Crippen LogP contribution in [0.25, 0.3) is 0 Å². The Morgan fingerprint density at radius 1 is 1.36 bits per heavy atom. The number of carbonyl (C=O) groups excluding carboxylic acids is 1. The van der Waals surface area contributed by atoms with E-state index in [0.29, 0.717) is 12.3 Å². The Morgan fingerprint density at radius 3 is 2.64 bits per heavy atom. The molecule has 0 bridgehead atoms. The fraction of sp³-hybridized carbons (Fsp3) is 0.462. The Bertz CT molecular complexity index is 291. The summed E-state index contributed by atoms with van der Waals surface area (Å²) in [6.07, 6.45) is 3.92. The first kappa shape index (κ1) is 11.0. The predicted molar refractivity (Wildman–Crippen MR) is 59.5 cm³/mol. The lowest BCUT2D eigenvalue weighted by Gasteiger charge is -2.15. The minimum Gasteiger partial charge on any atom is -0.303 e. The van der Waals surface area contributed by atoms with E-state index in [0.717, 1.165) is 19.1 Å². The van der Waals surface area contributed by atoms with Gasteiger partial charge in [-0.25, -0.2) is 0 Å². The Hall–Kier alpha value is -1.11. The Labute approximate surface area is 86.1 Å². The monoisotopic (exact) mass is 190 g/mol. The molecule has 1 heteroatoms. The molecule has 0 N–H and O–H groups in total. The molecule has 1 unspecified atom stereocenters. The van der Waals surface area contributed by atoms with E-state index in [2.05, 4.69) is 32.0 Å². The lowest BCUT2D eigenvalue weighted by Crippen LogP contribution is -2.01. The zero-order valence-electron chi connectivity index (χ0n) is 8.99. The Kier molecular flexibility index (Phi) is 4.37. The summed E-state index contributed by atoms with van der Waals surface area (Å²) < 4.78 is 0. The number of benzene rings is 1. The van der Waals surface area contributed by atoms with E-state index in [-0.39, 0.29) is 0 Å². The number of hydrogen-bond acceptors (Lipinski definition) is 1. The van der Waals surface area contributed by atoms with Crippen molar-refractivity contribution in [2.75, 3.05) is 0 Å². The van der Waals surface area contributed by atoms with Gasteiger partial charge in [0, 0.05) is 6.42 Å². The molecule has 0 aliphatic heterocycles. The summed E-state index contributed by atoms with van der Waals surface area (Å²) in [5, 5.41) is 0. The number of hydrogen-bond donors (Lipinski definition) is 0. The first-order valence-electron chi connectivity index (χ1n) is 5.28. The van der Waals surface area contributed by atoms with Crippen LogP contribution in [0.4, 0.5) is 0 Å². The van der Waals surface area contributed by atoms with Gasteiger partial charge in [0.15, 0.2) is 0 Å². The highest BCUT2D eigenvalue weighted by Gasteiger charge is 2.11. The van der Waals surface area contributed by atoms with Crippen LogP contribution in [0.3, 0.4) is 0 Å². The SMILES string of the molecule is CCCC(CC=O)c1ccccc1C. The van der Waals surface area contributed by atoms with Gasteiger partial charge >= 0.3 is 0 Å². The second-order valence-corrected chi connectivity index (χ2v) is 3.74. The van der Waals surface area contributed by atoms with Gasteiger partial charge < -0.3 is 4.79 Å². The highest BCUT2D eigenvalue weighted by Crippen LogP contribution is 2.26. The lowest BCUT2D eigenvalue weighted by molar-refractivity contribution is -0.108. The van der Waals surface area contributed by atoms with Crippen LogP contribution in [0, 0.1) is 6.92 Å². The van der Waals surface area contributed by atoms with Crippen LogP contribution in [0.5, 0.6) is 0 Å². The van der Waals surface area contributed by atoms with Crippen molar-refractivity contribution < 1.29 is 4.79 Å². The molecule has 0 spiro atoms. The van der Waals surface area contributed by atoms with E-state index in [1.807, 2.05) is 6.07 Å². The molecular formula is C13H18O. The third-order valence-corrected chi connectivity index (χ3v) is 2.65. The molecule has 1 nitrogen and oxygen atoms in total. The van der Waals surface area contributed by atoms with Crippen molar-refractivity contribution in [2.45, 2.75) is 39.0 Å². The third-order valence-electron chi connectivity index (χ3n) is 2.65. The summed E-state index contributed by atoms with van der Waals surface area (Å²) in [5.74, 6) is 0.415. The van der Waals surface area contributed by atoms with Crippen LogP contribution >= 0.6 is 0 Å². The minimum absolute atomic E-state index is 0.415. The Balaban J connectivity index is 2.86. The van der Waals surface area contributed by atoms with Crippen molar-refractivity contribution in [1.82, 2.24) is 0 Å². The standard InChI is InChI=1S/C13H18O/c1-3-6-12(9-10-14)13-8-5-4-7-11(13)2/h4-5,7-8,10,12H,3,6,9H2,1-2H3. The fourth-order valence-electron chi connectivity index (χ4n) is 1.91. The lowest BCUT2D eigenvalue weighted by atomic mass is 9.89. The normalized spacial score (nSPS) is 12.4. The quantitative estimate of drug-likeness (QED) is 0.650. The van der Waals surface area contributed by atoms with Crippen LogP contribution in [-0.4, -0.2) is 6.29 Å². The molecule has 0 heterocycles. The molecule has 76 valence electrons. The average Bonchev–Trinajstić information content (AvgIpc) is 2.18. The van der Waals surface area contributed by atoms with E-state index in [9.17, 15) is 4.79 Å². The van der Waals surface area contributed by atoms with E-state index in [1.54, 1.807) is 0 Å². The van der Waals surface area contributed by atoms with Crippen molar-refractivity contribution in [3.8, 4) is 0 Å². The van der Waals surface area contributed by atoms with Crippen LogP contribution in [0.15, 0.2) is 24.3 Å². The average molecular weight is 190 g/mol. The van der Waals surface area contributed by atoms with Gasteiger partial charge in [0.1, 0.15) is 6.29 Å². The van der Waals surface area contributed by atoms with Crippen LogP contribution < -0.4 is 0 Å². The molecular weight excluding hydrogens is 172 g/mol. The zero-order chi connectivity index (χ0) is 10.4. The summed E-state index contributed by atoms with van der Waals surface area (Å²) in [7, 11) is 0. The highest BCUT2D eigenvalue weighted by molar-refractivity contribution is 5.52. The summed E-state index contributed by atoms with van der Waals surface area (Å²) in [4.78, 5) is 10.6. The first-order chi connectivity index (χ1) is 6.79. The second kappa shape index (κ2) is 5.58. The predicted octanol–water partition coefficient (Wildman–Crippen LogP) is 3.47. The topological polar surface area (TPSA) is 17.1 Å². The summed E-state index contributed by atoms with van der Waals surface area (Å²) >= 11 is 0. The molecule has 0 fully saturated rings. The fourth-order valence-corrected chi connectivity index (χ4v) is 1.91. The maximum atomic E-state index is 10.6. The van der Waals surface area contributed by atoms with E-state index >= 15 is 0 Å². The van der Waals surface area contributed by atoms with Gasteiger partial charge in [-0.2, -0.15) is 0 Å². The van der Waals surface area contributed by atoms with Gasteiger partial charge in [-0.3, -0.25) is 0 Å². The molecule has 1 aromatic rings. The zero-order valence-corrected chi connectivity index (χ0v) is 8.99. The van der Waals surface area contributed by atoms with Gasteiger partial charge in [0.05, 0.1) is 0 Å². The molecule has 14 heavy (non-hydrogen) atoms. The minimum atomic E-state index is 0.415.